The van der Waals surface area contributed by atoms with Crippen LogP contribution in [0.5, 0.6) is 0 Å². The smallest absolute Gasteiger partial charge is 0.234 e. The second-order valence-electron chi connectivity index (χ2n) is 7.75. The van der Waals surface area contributed by atoms with Gasteiger partial charge in [0.05, 0.1) is 17.9 Å². The van der Waals surface area contributed by atoms with Gasteiger partial charge >= 0.3 is 0 Å². The fourth-order valence-electron chi connectivity index (χ4n) is 4.48. The standard InChI is InChI=1S/C22H26N2O3S/c1-2-28(26,27)24-17-22(19-10-6-7-11-20(19)24)12-14-23(15-13-22)21(25)16-18-8-4-3-5-9-18/h3-11H,2,12-17H2,1H3. The molecule has 148 valence electrons. The lowest BCUT2D eigenvalue weighted by Gasteiger charge is -2.40. The molecule has 1 amide bonds. The first-order valence-electron chi connectivity index (χ1n) is 9.87. The molecule has 1 spiro atoms. The average molecular weight is 399 g/mol. The lowest BCUT2D eigenvalue weighted by Crippen LogP contribution is -2.48. The first kappa shape index (κ1) is 19.0. The zero-order valence-electron chi connectivity index (χ0n) is 16.2. The van der Waals surface area contributed by atoms with Gasteiger partial charge in [0.15, 0.2) is 0 Å². The number of fused-ring (bicyclic) bond motifs is 2. The number of amides is 1. The van der Waals surface area contributed by atoms with Crippen LogP contribution >= 0.6 is 0 Å². The summed E-state index contributed by atoms with van der Waals surface area (Å²) in [5.74, 6) is 0.240. The van der Waals surface area contributed by atoms with Crippen molar-refractivity contribution >= 4 is 21.6 Å². The number of carbonyl (C=O) groups excluding carboxylic acids is 1. The van der Waals surface area contributed by atoms with Crippen LogP contribution in [0.3, 0.4) is 0 Å². The summed E-state index contributed by atoms with van der Waals surface area (Å²) in [6, 6.07) is 17.6. The second kappa shape index (κ2) is 7.24. The summed E-state index contributed by atoms with van der Waals surface area (Å²) in [5, 5.41) is 0. The summed E-state index contributed by atoms with van der Waals surface area (Å²) in [6.45, 7) is 3.51. The van der Waals surface area contributed by atoms with Crippen molar-refractivity contribution in [3.63, 3.8) is 0 Å². The summed E-state index contributed by atoms with van der Waals surface area (Å²) in [6.07, 6.45) is 2.00. The van der Waals surface area contributed by atoms with Crippen molar-refractivity contribution in [3.05, 3.63) is 65.7 Å². The van der Waals surface area contributed by atoms with Gasteiger partial charge in [-0.05, 0) is 37.0 Å². The Morgan fingerprint density at radius 2 is 1.64 bits per heavy atom. The van der Waals surface area contributed by atoms with Crippen molar-refractivity contribution in [2.45, 2.75) is 31.6 Å². The van der Waals surface area contributed by atoms with Gasteiger partial charge in [0.2, 0.25) is 15.9 Å². The third-order valence-electron chi connectivity index (χ3n) is 6.16. The SMILES string of the molecule is CCS(=O)(=O)N1CC2(CCN(C(=O)Cc3ccccc3)CC2)c2ccccc21. The Morgan fingerprint density at radius 3 is 2.32 bits per heavy atom. The van der Waals surface area contributed by atoms with Crippen LogP contribution in [-0.2, 0) is 26.7 Å². The minimum absolute atomic E-state index is 0.0963. The fourth-order valence-corrected chi connectivity index (χ4v) is 5.70. The van der Waals surface area contributed by atoms with Gasteiger partial charge in [-0.15, -0.1) is 0 Å². The largest absolute Gasteiger partial charge is 0.342 e. The number of carbonyl (C=O) groups is 1. The molecule has 6 heteroatoms. The van der Waals surface area contributed by atoms with Gasteiger partial charge < -0.3 is 4.90 Å². The molecule has 0 radical (unpaired) electrons. The Labute approximate surface area is 167 Å². The quantitative estimate of drug-likeness (QED) is 0.796. The van der Waals surface area contributed by atoms with Crippen molar-refractivity contribution in [3.8, 4) is 0 Å². The minimum Gasteiger partial charge on any atom is -0.342 e. The van der Waals surface area contributed by atoms with Gasteiger partial charge in [-0.3, -0.25) is 9.10 Å². The van der Waals surface area contributed by atoms with Crippen molar-refractivity contribution < 1.29 is 13.2 Å². The number of rotatable bonds is 4. The molecule has 0 aromatic heterocycles. The zero-order chi connectivity index (χ0) is 19.8. The number of para-hydroxylation sites is 1. The van der Waals surface area contributed by atoms with Crippen LogP contribution in [0.1, 0.15) is 30.9 Å². The molecule has 5 nitrogen and oxygen atoms in total. The Bertz CT molecular complexity index is 964. The molecule has 2 aliphatic heterocycles. The number of nitrogens with zero attached hydrogens (tertiary/aromatic N) is 2. The molecule has 0 atom stereocenters. The van der Waals surface area contributed by atoms with Gasteiger partial charge in [0, 0.05) is 25.0 Å². The molecule has 0 bridgehead atoms. The van der Waals surface area contributed by atoms with Gasteiger partial charge in [-0.1, -0.05) is 48.5 Å². The molecule has 2 heterocycles. The van der Waals surface area contributed by atoms with Crippen molar-refractivity contribution in [1.82, 2.24) is 4.90 Å². The van der Waals surface area contributed by atoms with E-state index in [4.69, 9.17) is 0 Å². The third kappa shape index (κ3) is 3.30. The topological polar surface area (TPSA) is 57.7 Å². The molecule has 2 aliphatic rings. The van der Waals surface area contributed by atoms with Gasteiger partial charge in [0.25, 0.3) is 0 Å². The molecule has 2 aromatic carbocycles. The Balaban J connectivity index is 1.52. The Kier molecular flexibility index (Phi) is 4.91. The van der Waals surface area contributed by atoms with E-state index in [0.29, 0.717) is 26.1 Å². The highest BCUT2D eigenvalue weighted by atomic mass is 32.2. The van der Waals surface area contributed by atoms with Crippen LogP contribution in [0.15, 0.2) is 54.6 Å². The number of sulfonamides is 1. The first-order chi connectivity index (χ1) is 13.5. The number of benzene rings is 2. The molecule has 0 unspecified atom stereocenters. The molecule has 4 rings (SSSR count). The molecular formula is C22H26N2O3S. The zero-order valence-corrected chi connectivity index (χ0v) is 17.0. The summed E-state index contributed by atoms with van der Waals surface area (Å²) in [4.78, 5) is 14.6. The van der Waals surface area contributed by atoms with Gasteiger partial charge in [-0.2, -0.15) is 0 Å². The normalized spacial score (nSPS) is 18.3. The summed E-state index contributed by atoms with van der Waals surface area (Å²) >= 11 is 0. The van der Waals surface area contributed by atoms with Crippen LogP contribution < -0.4 is 4.31 Å². The van der Waals surface area contributed by atoms with Gasteiger partial charge in [-0.25, -0.2) is 8.42 Å². The monoisotopic (exact) mass is 398 g/mol. The highest BCUT2D eigenvalue weighted by molar-refractivity contribution is 7.92. The molecule has 28 heavy (non-hydrogen) atoms. The van der Waals surface area contributed by atoms with Crippen LogP contribution in [0.4, 0.5) is 5.69 Å². The van der Waals surface area contributed by atoms with Crippen molar-refractivity contribution in [1.29, 1.82) is 0 Å². The van der Waals surface area contributed by atoms with Crippen LogP contribution in [-0.4, -0.2) is 44.6 Å². The highest BCUT2D eigenvalue weighted by Gasteiger charge is 2.47. The molecule has 0 N–H and O–H groups in total. The van der Waals surface area contributed by atoms with Crippen LogP contribution in [0, 0.1) is 0 Å². The number of hydrogen-bond donors (Lipinski definition) is 0. The number of likely N-dealkylation sites (tertiary alicyclic amines) is 1. The molecule has 1 fully saturated rings. The highest BCUT2D eigenvalue weighted by Crippen LogP contribution is 2.48. The van der Waals surface area contributed by atoms with Crippen molar-refractivity contribution in [2.75, 3.05) is 29.7 Å². The predicted molar refractivity (Wildman–Crippen MR) is 111 cm³/mol. The Hall–Kier alpha value is -2.34. The van der Waals surface area contributed by atoms with E-state index >= 15 is 0 Å². The van der Waals surface area contributed by atoms with Crippen molar-refractivity contribution in [2.24, 2.45) is 0 Å². The van der Waals surface area contributed by atoms with E-state index < -0.39 is 10.0 Å². The van der Waals surface area contributed by atoms with E-state index in [1.807, 2.05) is 53.4 Å². The number of hydrogen-bond acceptors (Lipinski definition) is 3. The van der Waals surface area contributed by atoms with E-state index in [1.165, 1.54) is 0 Å². The molecule has 2 aromatic rings. The summed E-state index contributed by atoms with van der Waals surface area (Å²) in [7, 11) is -3.30. The maximum atomic E-state index is 12.7. The Morgan fingerprint density at radius 1 is 1.00 bits per heavy atom. The van der Waals surface area contributed by atoms with E-state index in [1.54, 1.807) is 11.2 Å². The lowest BCUT2D eigenvalue weighted by atomic mass is 9.74. The van der Waals surface area contributed by atoms with E-state index in [0.717, 1.165) is 29.7 Å². The third-order valence-corrected chi connectivity index (χ3v) is 7.89. The van der Waals surface area contributed by atoms with E-state index in [-0.39, 0.29) is 17.1 Å². The summed E-state index contributed by atoms with van der Waals surface area (Å²) < 4.78 is 26.8. The van der Waals surface area contributed by atoms with E-state index in [9.17, 15) is 13.2 Å². The maximum Gasteiger partial charge on any atom is 0.234 e. The first-order valence-corrected chi connectivity index (χ1v) is 11.5. The van der Waals surface area contributed by atoms with Crippen LogP contribution in [0.2, 0.25) is 0 Å². The molecular weight excluding hydrogens is 372 g/mol. The van der Waals surface area contributed by atoms with Crippen LogP contribution in [0.25, 0.3) is 0 Å². The fraction of sp³-hybridized carbons (Fsp3) is 0.409. The number of anilines is 1. The summed E-state index contributed by atoms with van der Waals surface area (Å²) in [5.41, 5.74) is 2.76. The number of piperidine rings is 1. The minimum atomic E-state index is -3.30. The average Bonchev–Trinajstić information content (AvgIpc) is 3.04. The molecule has 0 aliphatic carbocycles. The maximum absolute atomic E-state index is 12.7. The molecule has 1 saturated heterocycles. The second-order valence-corrected chi connectivity index (χ2v) is 9.93. The predicted octanol–water partition coefficient (Wildman–Crippen LogP) is 2.96. The van der Waals surface area contributed by atoms with E-state index in [2.05, 4.69) is 6.07 Å². The molecule has 0 saturated carbocycles. The van der Waals surface area contributed by atoms with Gasteiger partial charge in [0.1, 0.15) is 0 Å². The lowest BCUT2D eigenvalue weighted by molar-refractivity contribution is -0.132.